The molecule has 1 aromatic carbocycles. The summed E-state index contributed by atoms with van der Waals surface area (Å²) in [6, 6.07) is 6.61. The van der Waals surface area contributed by atoms with Crippen molar-refractivity contribution >= 4 is 15.9 Å². The fourth-order valence-electron chi connectivity index (χ4n) is 1.63. The third kappa shape index (κ3) is 6.95. The zero-order chi connectivity index (χ0) is 14.1. The van der Waals surface area contributed by atoms with Crippen LogP contribution in [0.25, 0.3) is 0 Å². The van der Waals surface area contributed by atoms with Crippen molar-refractivity contribution in [2.75, 3.05) is 20.3 Å². The summed E-state index contributed by atoms with van der Waals surface area (Å²) in [5.41, 5.74) is 1.23. The first-order valence-corrected chi connectivity index (χ1v) is 7.56. The second-order valence-electron chi connectivity index (χ2n) is 4.84. The second kappa shape index (κ2) is 9.34. The largest absolute Gasteiger partial charge is 0.494 e. The normalized spacial score (nSPS) is 11.0. The summed E-state index contributed by atoms with van der Waals surface area (Å²) in [6.45, 7) is 6.67. The lowest BCUT2D eigenvalue weighted by molar-refractivity contribution is 0.184. The lowest BCUT2D eigenvalue weighted by atomic mass is 10.2. The molecule has 1 rings (SSSR count). The summed E-state index contributed by atoms with van der Waals surface area (Å²) in [5.74, 6) is 0.932. The number of benzene rings is 1. The van der Waals surface area contributed by atoms with Crippen LogP contribution in [0.5, 0.6) is 5.75 Å². The van der Waals surface area contributed by atoms with Gasteiger partial charge in [-0.05, 0) is 36.6 Å². The number of rotatable bonds is 9. The zero-order valence-corrected chi connectivity index (χ0v) is 13.6. The molecule has 0 unspecified atom stereocenters. The highest BCUT2D eigenvalue weighted by atomic mass is 79.9. The maximum atomic E-state index is 5.75. The highest BCUT2D eigenvalue weighted by Gasteiger charge is 2.03. The Labute approximate surface area is 124 Å². The maximum Gasteiger partial charge on any atom is 0.119 e. The Morgan fingerprint density at radius 1 is 1.21 bits per heavy atom. The molecule has 0 atom stereocenters. The molecule has 0 aliphatic carbocycles. The van der Waals surface area contributed by atoms with Gasteiger partial charge in [-0.1, -0.05) is 29.8 Å². The summed E-state index contributed by atoms with van der Waals surface area (Å²) in [4.78, 5) is 0. The van der Waals surface area contributed by atoms with Gasteiger partial charge in [-0.25, -0.2) is 0 Å². The van der Waals surface area contributed by atoms with Crippen molar-refractivity contribution in [3.8, 4) is 5.75 Å². The van der Waals surface area contributed by atoms with Crippen LogP contribution in [-0.4, -0.2) is 26.4 Å². The lowest BCUT2D eigenvalue weighted by Crippen LogP contribution is -2.22. The molecule has 0 amide bonds. The van der Waals surface area contributed by atoms with Gasteiger partial charge in [0.25, 0.3) is 0 Å². The highest BCUT2D eigenvalue weighted by Crippen LogP contribution is 2.22. The molecular formula is C15H24BrNO2. The molecule has 0 heterocycles. The molecule has 4 heteroatoms. The minimum atomic E-state index is 0.477. The van der Waals surface area contributed by atoms with E-state index in [0.717, 1.165) is 42.8 Å². The number of nitrogens with one attached hydrogen (secondary N) is 1. The monoisotopic (exact) mass is 329 g/mol. The van der Waals surface area contributed by atoms with Crippen LogP contribution in [0.15, 0.2) is 22.7 Å². The highest BCUT2D eigenvalue weighted by molar-refractivity contribution is 9.10. The van der Waals surface area contributed by atoms with Gasteiger partial charge in [0.1, 0.15) is 5.75 Å². The van der Waals surface area contributed by atoms with E-state index in [9.17, 15) is 0 Å². The Bertz CT molecular complexity index is 369. The standard InChI is InChI=1S/C15H24BrNO2/c1-12(2)17-11-13-10-14(6-7-15(13)16)19-9-5-4-8-18-3/h6-7,10,12,17H,4-5,8-9,11H2,1-3H3. The first-order valence-electron chi connectivity index (χ1n) is 6.77. The van der Waals surface area contributed by atoms with Crippen molar-refractivity contribution in [2.45, 2.75) is 39.3 Å². The number of hydrogen-bond acceptors (Lipinski definition) is 3. The number of hydrogen-bond donors (Lipinski definition) is 1. The molecule has 0 saturated heterocycles. The molecule has 0 bridgehead atoms. The van der Waals surface area contributed by atoms with Gasteiger partial charge >= 0.3 is 0 Å². The topological polar surface area (TPSA) is 30.5 Å². The first kappa shape index (κ1) is 16.5. The van der Waals surface area contributed by atoms with E-state index in [0.29, 0.717) is 6.04 Å². The SMILES string of the molecule is COCCCCOc1ccc(Br)c(CNC(C)C)c1. The molecule has 1 aromatic rings. The third-order valence-electron chi connectivity index (χ3n) is 2.73. The lowest BCUT2D eigenvalue weighted by Gasteiger charge is -2.12. The summed E-state index contributed by atoms with van der Waals surface area (Å²) in [7, 11) is 1.73. The molecule has 0 fully saturated rings. The minimum absolute atomic E-state index is 0.477. The number of halogens is 1. The Morgan fingerprint density at radius 3 is 2.63 bits per heavy atom. The van der Waals surface area contributed by atoms with Crippen molar-refractivity contribution in [3.63, 3.8) is 0 Å². The Kier molecular flexibility index (Phi) is 8.10. The summed E-state index contributed by atoms with van der Waals surface area (Å²) >= 11 is 3.57. The molecule has 19 heavy (non-hydrogen) atoms. The van der Waals surface area contributed by atoms with Crippen LogP contribution in [0.2, 0.25) is 0 Å². The molecule has 3 nitrogen and oxygen atoms in total. The third-order valence-corrected chi connectivity index (χ3v) is 3.50. The predicted octanol–water partition coefficient (Wildman–Crippen LogP) is 3.75. The fraction of sp³-hybridized carbons (Fsp3) is 0.600. The van der Waals surface area contributed by atoms with Crippen LogP contribution in [0, 0.1) is 0 Å². The van der Waals surface area contributed by atoms with Gasteiger partial charge in [0, 0.05) is 30.8 Å². The van der Waals surface area contributed by atoms with Gasteiger partial charge in [-0.3, -0.25) is 0 Å². The molecule has 0 aliphatic heterocycles. The van der Waals surface area contributed by atoms with Gasteiger partial charge in [-0.2, -0.15) is 0 Å². The van der Waals surface area contributed by atoms with Crippen LogP contribution in [0.4, 0.5) is 0 Å². The number of unbranched alkanes of at least 4 members (excludes halogenated alkanes) is 1. The molecule has 0 saturated carbocycles. The predicted molar refractivity (Wildman–Crippen MR) is 82.7 cm³/mol. The molecule has 0 aliphatic rings. The summed E-state index contributed by atoms with van der Waals surface area (Å²) in [5, 5.41) is 3.41. The second-order valence-corrected chi connectivity index (χ2v) is 5.69. The van der Waals surface area contributed by atoms with E-state index < -0.39 is 0 Å². The van der Waals surface area contributed by atoms with Crippen LogP contribution in [0.3, 0.4) is 0 Å². The van der Waals surface area contributed by atoms with Crippen LogP contribution < -0.4 is 10.1 Å². The van der Waals surface area contributed by atoms with Crippen LogP contribution in [0.1, 0.15) is 32.3 Å². The van der Waals surface area contributed by atoms with Crippen LogP contribution in [-0.2, 0) is 11.3 Å². The summed E-state index contributed by atoms with van der Waals surface area (Å²) < 4.78 is 11.9. The number of methoxy groups -OCH3 is 1. The number of ether oxygens (including phenoxy) is 2. The molecule has 1 N–H and O–H groups in total. The van der Waals surface area contributed by atoms with Crippen LogP contribution >= 0.6 is 15.9 Å². The van der Waals surface area contributed by atoms with Gasteiger partial charge in [0.2, 0.25) is 0 Å². The van der Waals surface area contributed by atoms with Crippen molar-refractivity contribution < 1.29 is 9.47 Å². The molecule has 0 aromatic heterocycles. The fourth-order valence-corrected chi connectivity index (χ4v) is 2.02. The van der Waals surface area contributed by atoms with Gasteiger partial charge in [0.05, 0.1) is 6.61 Å². The average molecular weight is 330 g/mol. The van der Waals surface area contributed by atoms with E-state index in [-0.39, 0.29) is 0 Å². The molecule has 0 spiro atoms. The van der Waals surface area contributed by atoms with E-state index in [1.165, 1.54) is 5.56 Å². The van der Waals surface area contributed by atoms with E-state index in [1.807, 2.05) is 12.1 Å². The van der Waals surface area contributed by atoms with Crippen molar-refractivity contribution in [1.29, 1.82) is 0 Å². The van der Waals surface area contributed by atoms with E-state index in [2.05, 4.69) is 41.2 Å². The maximum absolute atomic E-state index is 5.75. The molecular weight excluding hydrogens is 306 g/mol. The van der Waals surface area contributed by atoms with Crippen molar-refractivity contribution in [3.05, 3.63) is 28.2 Å². The molecule has 108 valence electrons. The van der Waals surface area contributed by atoms with Gasteiger partial charge in [-0.15, -0.1) is 0 Å². The smallest absolute Gasteiger partial charge is 0.119 e. The van der Waals surface area contributed by atoms with E-state index >= 15 is 0 Å². The quantitative estimate of drug-likeness (QED) is 0.700. The van der Waals surface area contributed by atoms with Crippen molar-refractivity contribution in [2.24, 2.45) is 0 Å². The van der Waals surface area contributed by atoms with Crippen molar-refractivity contribution in [1.82, 2.24) is 5.32 Å². The Balaban J connectivity index is 2.43. The average Bonchev–Trinajstić information content (AvgIpc) is 2.38. The van der Waals surface area contributed by atoms with Gasteiger partial charge in [0.15, 0.2) is 0 Å². The zero-order valence-electron chi connectivity index (χ0n) is 12.0. The van der Waals surface area contributed by atoms with E-state index in [4.69, 9.17) is 9.47 Å². The van der Waals surface area contributed by atoms with E-state index in [1.54, 1.807) is 7.11 Å². The molecule has 0 radical (unpaired) electrons. The Morgan fingerprint density at radius 2 is 1.95 bits per heavy atom. The first-order chi connectivity index (χ1) is 9.13. The minimum Gasteiger partial charge on any atom is -0.494 e. The summed E-state index contributed by atoms with van der Waals surface area (Å²) in [6.07, 6.45) is 2.05. The Hall–Kier alpha value is -0.580. The van der Waals surface area contributed by atoms with Gasteiger partial charge < -0.3 is 14.8 Å².